The molecule has 0 aliphatic carbocycles. The van der Waals surface area contributed by atoms with Gasteiger partial charge in [0, 0.05) is 6.42 Å². The first kappa shape index (κ1) is 9.16. The third-order valence-electron chi connectivity index (χ3n) is 0.929. The molecule has 0 amide bonds. The molecule has 0 rings (SSSR count). The number of hydrogen-bond donors (Lipinski definition) is 0. The lowest BCUT2D eigenvalue weighted by Gasteiger charge is -1.93. The first-order valence-corrected chi connectivity index (χ1v) is 2.91. The van der Waals surface area contributed by atoms with Crippen LogP contribution in [0.15, 0.2) is 11.6 Å². The molecule has 1 radical (unpaired) electrons. The second-order valence-electron chi connectivity index (χ2n) is 1.89. The van der Waals surface area contributed by atoms with Gasteiger partial charge in [0.15, 0.2) is 0 Å². The van der Waals surface area contributed by atoms with Gasteiger partial charge in [-0.25, -0.2) is 8.78 Å². The van der Waals surface area contributed by atoms with Crippen LogP contribution in [0.4, 0.5) is 8.78 Å². The van der Waals surface area contributed by atoms with E-state index < -0.39 is 6.43 Å². The van der Waals surface area contributed by atoms with Crippen LogP contribution in [-0.4, -0.2) is 6.43 Å². The van der Waals surface area contributed by atoms with Gasteiger partial charge in [0.25, 0.3) is 0 Å². The Morgan fingerprint density at radius 3 is 2.70 bits per heavy atom. The fraction of sp³-hybridized carbons (Fsp3) is 0.375. The average Bonchev–Trinajstić information content (AvgIpc) is 1.85. The van der Waals surface area contributed by atoms with Gasteiger partial charge in [0.1, 0.15) is 0 Å². The standard InChI is InChI=1S/C8H9F2/c1-3-4-7(2)5-6-8(9)10/h1,4-5,8H,6H2,2H3. The van der Waals surface area contributed by atoms with Gasteiger partial charge in [-0.2, -0.15) is 0 Å². The lowest BCUT2D eigenvalue weighted by Crippen LogP contribution is -1.86. The maximum absolute atomic E-state index is 11.5. The lowest BCUT2D eigenvalue weighted by molar-refractivity contribution is 0.152. The number of halogens is 2. The zero-order valence-corrected chi connectivity index (χ0v) is 5.77. The van der Waals surface area contributed by atoms with Crippen LogP contribution in [0, 0.1) is 18.8 Å². The SMILES string of the molecule is C#C[CH]C(C)=CCC(F)F. The molecular weight excluding hydrogens is 134 g/mol. The summed E-state index contributed by atoms with van der Waals surface area (Å²) in [4.78, 5) is 0. The molecule has 0 bridgehead atoms. The molecular formula is C8H9F2. The Morgan fingerprint density at radius 2 is 2.30 bits per heavy atom. The molecule has 2 heteroatoms. The van der Waals surface area contributed by atoms with Crippen molar-refractivity contribution in [1.29, 1.82) is 0 Å². The van der Waals surface area contributed by atoms with Crippen molar-refractivity contribution >= 4 is 0 Å². The fourth-order valence-corrected chi connectivity index (χ4v) is 0.465. The van der Waals surface area contributed by atoms with E-state index in [0.29, 0.717) is 5.57 Å². The largest absolute Gasteiger partial charge is 0.242 e. The Morgan fingerprint density at radius 1 is 1.70 bits per heavy atom. The van der Waals surface area contributed by atoms with Crippen LogP contribution in [0.1, 0.15) is 13.3 Å². The molecule has 0 aromatic rings. The second-order valence-corrected chi connectivity index (χ2v) is 1.89. The van der Waals surface area contributed by atoms with E-state index in [9.17, 15) is 8.78 Å². The van der Waals surface area contributed by atoms with Crippen LogP contribution in [0.5, 0.6) is 0 Å². The van der Waals surface area contributed by atoms with Gasteiger partial charge in [-0.3, -0.25) is 0 Å². The van der Waals surface area contributed by atoms with Gasteiger partial charge < -0.3 is 0 Å². The van der Waals surface area contributed by atoms with E-state index in [-0.39, 0.29) is 6.42 Å². The Bertz CT molecular complexity index is 151. The van der Waals surface area contributed by atoms with Crippen LogP contribution in [0.2, 0.25) is 0 Å². The van der Waals surface area contributed by atoms with Crippen molar-refractivity contribution in [3.8, 4) is 12.3 Å². The molecule has 0 fully saturated rings. The molecule has 0 aromatic carbocycles. The van der Waals surface area contributed by atoms with Crippen LogP contribution in [0.3, 0.4) is 0 Å². The summed E-state index contributed by atoms with van der Waals surface area (Å²) in [6, 6.07) is 0. The van der Waals surface area contributed by atoms with E-state index >= 15 is 0 Å². The van der Waals surface area contributed by atoms with Gasteiger partial charge in [0.2, 0.25) is 6.43 Å². The van der Waals surface area contributed by atoms with E-state index in [1.54, 1.807) is 6.92 Å². The third kappa shape index (κ3) is 5.30. The Hall–Kier alpha value is -0.840. The van der Waals surface area contributed by atoms with Crippen molar-refractivity contribution in [3.05, 3.63) is 18.1 Å². The molecule has 10 heavy (non-hydrogen) atoms. The van der Waals surface area contributed by atoms with Gasteiger partial charge in [-0.1, -0.05) is 17.6 Å². The van der Waals surface area contributed by atoms with Crippen molar-refractivity contribution in [1.82, 2.24) is 0 Å². The normalized spacial score (nSPS) is 11.7. The molecule has 0 aliphatic heterocycles. The summed E-state index contributed by atoms with van der Waals surface area (Å²) >= 11 is 0. The summed E-state index contributed by atoms with van der Waals surface area (Å²) in [7, 11) is 0. The van der Waals surface area contributed by atoms with Crippen molar-refractivity contribution in [2.24, 2.45) is 0 Å². The van der Waals surface area contributed by atoms with Crippen molar-refractivity contribution in [2.75, 3.05) is 0 Å². The molecule has 0 saturated heterocycles. The molecule has 0 aromatic heterocycles. The molecule has 0 atom stereocenters. The van der Waals surface area contributed by atoms with Crippen molar-refractivity contribution in [3.63, 3.8) is 0 Å². The number of alkyl halides is 2. The van der Waals surface area contributed by atoms with Crippen molar-refractivity contribution < 1.29 is 8.78 Å². The summed E-state index contributed by atoms with van der Waals surface area (Å²) < 4.78 is 23.1. The Balaban J connectivity index is 3.60. The number of terminal acetylenes is 1. The highest BCUT2D eigenvalue weighted by molar-refractivity contribution is 5.23. The topological polar surface area (TPSA) is 0 Å². The van der Waals surface area contributed by atoms with Gasteiger partial charge in [-0.05, 0) is 6.92 Å². The number of rotatable bonds is 3. The molecule has 0 N–H and O–H groups in total. The second kappa shape index (κ2) is 4.99. The Labute approximate surface area is 59.9 Å². The Kier molecular flexibility index (Phi) is 4.57. The molecule has 55 valence electrons. The van der Waals surface area contributed by atoms with Crippen LogP contribution < -0.4 is 0 Å². The molecule has 0 nitrogen and oxygen atoms in total. The highest BCUT2D eigenvalue weighted by Gasteiger charge is 1.97. The quantitative estimate of drug-likeness (QED) is 0.532. The number of allylic oxidation sites excluding steroid dienone is 2. The third-order valence-corrected chi connectivity index (χ3v) is 0.929. The fourth-order valence-electron chi connectivity index (χ4n) is 0.465. The van der Waals surface area contributed by atoms with Crippen LogP contribution in [-0.2, 0) is 0 Å². The summed E-state index contributed by atoms with van der Waals surface area (Å²) in [6.45, 7) is 1.70. The van der Waals surface area contributed by atoms with Gasteiger partial charge in [0.05, 0.1) is 6.42 Å². The van der Waals surface area contributed by atoms with E-state index in [1.165, 1.54) is 12.5 Å². The minimum Gasteiger partial charge on any atom is -0.210 e. The zero-order valence-electron chi connectivity index (χ0n) is 5.77. The van der Waals surface area contributed by atoms with E-state index in [1.807, 2.05) is 0 Å². The van der Waals surface area contributed by atoms with Gasteiger partial charge >= 0.3 is 0 Å². The minimum absolute atomic E-state index is 0.218. The molecule has 0 unspecified atom stereocenters. The molecule has 0 spiro atoms. The molecule has 0 heterocycles. The smallest absolute Gasteiger partial charge is 0.210 e. The first-order chi connectivity index (χ1) is 4.66. The minimum atomic E-state index is -2.28. The average molecular weight is 143 g/mol. The first-order valence-electron chi connectivity index (χ1n) is 2.91. The van der Waals surface area contributed by atoms with Gasteiger partial charge in [-0.15, -0.1) is 6.42 Å². The highest BCUT2D eigenvalue weighted by atomic mass is 19.3. The molecule has 0 aliphatic rings. The molecule has 0 saturated carbocycles. The summed E-state index contributed by atoms with van der Waals surface area (Å²) in [5.74, 6) is 2.25. The zero-order chi connectivity index (χ0) is 7.98. The summed E-state index contributed by atoms with van der Waals surface area (Å²) in [6.07, 6.45) is 5.29. The van der Waals surface area contributed by atoms with E-state index in [2.05, 4.69) is 5.92 Å². The maximum atomic E-state index is 11.5. The van der Waals surface area contributed by atoms with Crippen LogP contribution in [0.25, 0.3) is 0 Å². The van der Waals surface area contributed by atoms with E-state index in [0.717, 1.165) is 0 Å². The predicted octanol–water partition coefficient (Wildman–Crippen LogP) is 2.43. The predicted molar refractivity (Wildman–Crippen MR) is 37.5 cm³/mol. The van der Waals surface area contributed by atoms with Crippen molar-refractivity contribution in [2.45, 2.75) is 19.8 Å². The summed E-state index contributed by atoms with van der Waals surface area (Å²) in [5, 5.41) is 0. The monoisotopic (exact) mass is 143 g/mol. The summed E-state index contributed by atoms with van der Waals surface area (Å²) in [5.41, 5.74) is 0.711. The van der Waals surface area contributed by atoms with E-state index in [4.69, 9.17) is 6.42 Å². The highest BCUT2D eigenvalue weighted by Crippen LogP contribution is 2.04. The maximum Gasteiger partial charge on any atom is 0.242 e. The number of hydrogen-bond acceptors (Lipinski definition) is 0. The van der Waals surface area contributed by atoms with Crippen LogP contribution >= 0.6 is 0 Å². The lowest BCUT2D eigenvalue weighted by atomic mass is 10.2.